The molecule has 2 aromatic rings. The molecule has 9 heteroatoms. The highest BCUT2D eigenvalue weighted by atomic mass is 32.2. The molecule has 0 saturated heterocycles. The molecule has 1 saturated carbocycles. The molecule has 1 aliphatic rings. The van der Waals surface area contributed by atoms with Gasteiger partial charge in [-0.2, -0.15) is 0 Å². The number of thioether (sulfide) groups is 1. The molecule has 1 amide bonds. The van der Waals surface area contributed by atoms with Gasteiger partial charge in [-0.15, -0.1) is 10.2 Å². The van der Waals surface area contributed by atoms with Gasteiger partial charge >= 0.3 is 5.97 Å². The lowest BCUT2D eigenvalue weighted by molar-refractivity contribution is -0.152. The molecule has 3 rings (SSSR count). The SMILES string of the molecule is CCOC(=O)C1(NC(=O)CSc2nnc(-c3ccc(OC)cc3)o2)CCCC1. The van der Waals surface area contributed by atoms with Gasteiger partial charge in [0.1, 0.15) is 11.3 Å². The Labute approximate surface area is 167 Å². The van der Waals surface area contributed by atoms with Crippen LogP contribution in [0.4, 0.5) is 0 Å². The summed E-state index contributed by atoms with van der Waals surface area (Å²) >= 11 is 1.13. The first-order valence-corrected chi connectivity index (χ1v) is 10.1. The minimum atomic E-state index is -0.906. The van der Waals surface area contributed by atoms with Gasteiger partial charge in [-0.1, -0.05) is 24.6 Å². The van der Waals surface area contributed by atoms with Crippen LogP contribution in [0.5, 0.6) is 5.75 Å². The summed E-state index contributed by atoms with van der Waals surface area (Å²) in [5, 5.41) is 11.1. The molecule has 0 aliphatic heterocycles. The molecular formula is C19H23N3O5S. The number of methoxy groups -OCH3 is 1. The number of ether oxygens (including phenoxy) is 2. The standard InChI is InChI=1S/C19H23N3O5S/c1-3-26-17(24)19(10-4-5-11-19)20-15(23)12-28-18-22-21-16(27-18)13-6-8-14(25-2)9-7-13/h6-9H,3-5,10-12H2,1-2H3,(H,20,23). The first-order chi connectivity index (χ1) is 13.6. The molecular weight excluding hydrogens is 382 g/mol. The fourth-order valence-corrected chi connectivity index (χ4v) is 3.74. The summed E-state index contributed by atoms with van der Waals surface area (Å²) in [5.41, 5.74) is -0.145. The Kier molecular flexibility index (Phi) is 6.56. The number of nitrogens with zero attached hydrogens (tertiary/aromatic N) is 2. The van der Waals surface area contributed by atoms with Gasteiger partial charge in [0.2, 0.25) is 11.8 Å². The van der Waals surface area contributed by atoms with E-state index >= 15 is 0 Å². The van der Waals surface area contributed by atoms with E-state index in [0.29, 0.717) is 25.3 Å². The van der Waals surface area contributed by atoms with E-state index in [2.05, 4.69) is 15.5 Å². The van der Waals surface area contributed by atoms with Crippen LogP contribution >= 0.6 is 11.8 Å². The number of carbonyl (C=O) groups is 2. The molecule has 0 unspecified atom stereocenters. The Balaban J connectivity index is 1.57. The topological polar surface area (TPSA) is 104 Å². The molecule has 0 atom stereocenters. The average molecular weight is 405 g/mol. The van der Waals surface area contributed by atoms with Gasteiger partial charge in [0.15, 0.2) is 0 Å². The molecule has 1 aliphatic carbocycles. The normalized spacial score (nSPS) is 15.2. The van der Waals surface area contributed by atoms with Gasteiger partial charge in [0, 0.05) is 5.56 Å². The molecule has 1 fully saturated rings. The molecule has 150 valence electrons. The Morgan fingerprint density at radius 2 is 1.93 bits per heavy atom. The van der Waals surface area contributed by atoms with Gasteiger partial charge in [-0.25, -0.2) is 4.79 Å². The molecule has 0 spiro atoms. The minimum Gasteiger partial charge on any atom is -0.497 e. The lowest BCUT2D eigenvalue weighted by Crippen LogP contribution is -2.53. The van der Waals surface area contributed by atoms with Crippen molar-refractivity contribution in [2.45, 2.75) is 43.4 Å². The van der Waals surface area contributed by atoms with E-state index in [-0.39, 0.29) is 22.9 Å². The van der Waals surface area contributed by atoms with Crippen LogP contribution in [0.2, 0.25) is 0 Å². The summed E-state index contributed by atoms with van der Waals surface area (Å²) in [6.07, 6.45) is 2.98. The van der Waals surface area contributed by atoms with Gasteiger partial charge < -0.3 is 19.2 Å². The van der Waals surface area contributed by atoms with E-state index in [4.69, 9.17) is 13.9 Å². The summed E-state index contributed by atoms with van der Waals surface area (Å²) in [5.74, 6) is 0.557. The Morgan fingerprint density at radius 3 is 2.57 bits per heavy atom. The maximum Gasteiger partial charge on any atom is 0.331 e. The second-order valence-electron chi connectivity index (χ2n) is 6.45. The average Bonchev–Trinajstić information content (AvgIpc) is 3.37. The minimum absolute atomic E-state index is 0.0748. The van der Waals surface area contributed by atoms with E-state index < -0.39 is 5.54 Å². The van der Waals surface area contributed by atoms with Crippen LogP contribution < -0.4 is 10.1 Å². The maximum atomic E-state index is 12.4. The summed E-state index contributed by atoms with van der Waals surface area (Å²) in [6.45, 7) is 2.05. The molecule has 0 radical (unpaired) electrons. The lowest BCUT2D eigenvalue weighted by atomic mass is 9.98. The zero-order valence-electron chi connectivity index (χ0n) is 15.9. The summed E-state index contributed by atoms with van der Waals surface area (Å²) in [7, 11) is 1.60. The van der Waals surface area contributed by atoms with Crippen molar-refractivity contribution >= 4 is 23.6 Å². The number of esters is 1. The third-order valence-corrected chi connectivity index (χ3v) is 5.39. The van der Waals surface area contributed by atoms with Crippen LogP contribution in [0.25, 0.3) is 11.5 Å². The lowest BCUT2D eigenvalue weighted by Gasteiger charge is -2.27. The van der Waals surface area contributed by atoms with Crippen molar-refractivity contribution in [3.63, 3.8) is 0 Å². The molecule has 8 nitrogen and oxygen atoms in total. The van der Waals surface area contributed by atoms with E-state index in [1.807, 2.05) is 12.1 Å². The van der Waals surface area contributed by atoms with E-state index in [9.17, 15) is 9.59 Å². The number of benzene rings is 1. The molecule has 1 N–H and O–H groups in total. The Hall–Kier alpha value is -2.55. The summed E-state index contributed by atoms with van der Waals surface area (Å²) in [6, 6.07) is 7.24. The van der Waals surface area contributed by atoms with Gasteiger partial charge in [0.05, 0.1) is 19.5 Å². The first kappa shape index (κ1) is 20.2. The van der Waals surface area contributed by atoms with Crippen LogP contribution in [0, 0.1) is 0 Å². The number of amides is 1. The van der Waals surface area contributed by atoms with E-state index in [1.165, 1.54) is 0 Å². The molecule has 0 bridgehead atoms. The Morgan fingerprint density at radius 1 is 1.21 bits per heavy atom. The van der Waals surface area contributed by atoms with Crippen LogP contribution in [0.1, 0.15) is 32.6 Å². The number of carbonyl (C=O) groups excluding carboxylic acids is 2. The zero-order valence-corrected chi connectivity index (χ0v) is 16.7. The van der Waals surface area contributed by atoms with E-state index in [1.54, 1.807) is 26.2 Å². The van der Waals surface area contributed by atoms with Gasteiger partial charge in [0.25, 0.3) is 5.22 Å². The molecule has 1 aromatic carbocycles. The van der Waals surface area contributed by atoms with Crippen LogP contribution in [0.3, 0.4) is 0 Å². The fraction of sp³-hybridized carbons (Fsp3) is 0.474. The highest BCUT2D eigenvalue weighted by Gasteiger charge is 2.43. The third kappa shape index (κ3) is 4.64. The van der Waals surface area contributed by atoms with Crippen LogP contribution in [-0.4, -0.2) is 47.1 Å². The van der Waals surface area contributed by atoms with Crippen molar-refractivity contribution in [2.75, 3.05) is 19.5 Å². The van der Waals surface area contributed by atoms with Crippen molar-refractivity contribution in [1.29, 1.82) is 0 Å². The predicted molar refractivity (Wildman–Crippen MR) is 103 cm³/mol. The zero-order chi connectivity index (χ0) is 20.0. The number of nitrogens with one attached hydrogen (secondary N) is 1. The van der Waals surface area contributed by atoms with Crippen LogP contribution in [0.15, 0.2) is 33.9 Å². The van der Waals surface area contributed by atoms with Gasteiger partial charge in [-0.05, 0) is 44.0 Å². The quantitative estimate of drug-likeness (QED) is 0.528. The fourth-order valence-electron chi connectivity index (χ4n) is 3.18. The van der Waals surface area contributed by atoms with Crippen LogP contribution in [-0.2, 0) is 14.3 Å². The van der Waals surface area contributed by atoms with Gasteiger partial charge in [-0.3, -0.25) is 4.79 Å². The largest absolute Gasteiger partial charge is 0.497 e. The van der Waals surface area contributed by atoms with Crippen molar-refractivity contribution in [3.8, 4) is 17.2 Å². The Bertz CT molecular complexity index is 815. The second-order valence-corrected chi connectivity index (χ2v) is 7.37. The van der Waals surface area contributed by atoms with Crippen molar-refractivity contribution < 1.29 is 23.5 Å². The second kappa shape index (κ2) is 9.09. The maximum absolute atomic E-state index is 12.4. The predicted octanol–water partition coefficient (Wildman–Crippen LogP) is 2.83. The van der Waals surface area contributed by atoms with E-state index in [0.717, 1.165) is 35.9 Å². The highest BCUT2D eigenvalue weighted by Crippen LogP contribution is 2.31. The molecule has 28 heavy (non-hydrogen) atoms. The monoisotopic (exact) mass is 405 g/mol. The number of aromatic nitrogens is 2. The third-order valence-electron chi connectivity index (χ3n) is 4.57. The van der Waals surface area contributed by atoms with Crippen molar-refractivity contribution in [3.05, 3.63) is 24.3 Å². The number of rotatable bonds is 8. The molecule has 1 aromatic heterocycles. The molecule has 1 heterocycles. The van der Waals surface area contributed by atoms with Crippen molar-refractivity contribution in [1.82, 2.24) is 15.5 Å². The first-order valence-electron chi connectivity index (χ1n) is 9.15. The number of hydrogen-bond acceptors (Lipinski definition) is 8. The van der Waals surface area contributed by atoms with Crippen molar-refractivity contribution in [2.24, 2.45) is 0 Å². The highest BCUT2D eigenvalue weighted by molar-refractivity contribution is 7.99. The summed E-state index contributed by atoms with van der Waals surface area (Å²) < 4.78 is 15.9. The number of hydrogen-bond donors (Lipinski definition) is 1. The summed E-state index contributed by atoms with van der Waals surface area (Å²) in [4.78, 5) is 24.7. The smallest absolute Gasteiger partial charge is 0.331 e.